The molecule has 0 saturated heterocycles. The summed E-state index contributed by atoms with van der Waals surface area (Å²) in [5, 5.41) is 0. The fraction of sp³-hybridized carbons (Fsp3) is 0.667. The van der Waals surface area contributed by atoms with Crippen LogP contribution in [0.5, 0.6) is 0 Å². The standard InChI is InChI=1S/C27H43NO5.2H2O.O.Ti/c1-22(2)15-13-11-9-7-5-3-4-6-8-10-12-14-16-25(29)32-21-26(30)33-27(31)23-17-19-24(28)20-18-23;;;;/h17-20,22H,3-16,21,28H2,1-2H3;2*1H2;;/q;;;;+2/p-2. The maximum absolute atomic E-state index is 11.8. The van der Waals surface area contributed by atoms with Crippen LogP contribution in [-0.2, 0) is 41.0 Å². The number of carbonyl (C=O) groups excluding carboxylic acids is 3. The van der Waals surface area contributed by atoms with Gasteiger partial charge in [0.15, 0.2) is 6.61 Å². The summed E-state index contributed by atoms with van der Waals surface area (Å²) in [7, 11) is 0. The van der Waals surface area contributed by atoms with Gasteiger partial charge in [0.2, 0.25) is 0 Å². The molecule has 10 heteroatoms. The summed E-state index contributed by atoms with van der Waals surface area (Å²) < 4.78 is 32.8. The van der Waals surface area contributed by atoms with Gasteiger partial charge in [-0.2, -0.15) is 0 Å². The number of hydrogen-bond acceptors (Lipinski definition) is 7. The van der Waals surface area contributed by atoms with Crippen LogP contribution >= 0.6 is 0 Å². The SMILES string of the molecule is CC(C)CCCCCCCCCCCCCCC(=O)OCC(=O)OC(=O)c1ccc(N)cc1.[O]=[Ti]([OH])[OH]. The summed E-state index contributed by atoms with van der Waals surface area (Å²) in [4.78, 5) is 35.2. The summed E-state index contributed by atoms with van der Waals surface area (Å²) in [5.41, 5.74) is 6.26. The van der Waals surface area contributed by atoms with Gasteiger partial charge in [0.05, 0.1) is 5.56 Å². The molecule has 0 heterocycles. The molecule has 37 heavy (non-hydrogen) atoms. The van der Waals surface area contributed by atoms with E-state index in [0.29, 0.717) is 5.69 Å². The first kappa shape index (κ1) is 35.1. The number of ether oxygens (including phenoxy) is 2. The molecule has 0 aliphatic carbocycles. The first-order valence-corrected chi connectivity index (χ1v) is 15.3. The molecule has 1 aromatic carbocycles. The van der Waals surface area contributed by atoms with Gasteiger partial charge in [0, 0.05) is 12.1 Å². The average molecular weight is 560 g/mol. The number of unbranched alkanes of at least 4 members (excludes halogenated alkanes) is 11. The van der Waals surface area contributed by atoms with Crippen LogP contribution in [0.15, 0.2) is 24.3 Å². The number of esters is 3. The van der Waals surface area contributed by atoms with E-state index >= 15 is 0 Å². The molecule has 0 bridgehead atoms. The first-order chi connectivity index (χ1) is 17.6. The summed E-state index contributed by atoms with van der Waals surface area (Å²) in [6, 6.07) is 6.01. The molecule has 0 amide bonds. The van der Waals surface area contributed by atoms with Crippen molar-refractivity contribution >= 4 is 23.6 Å². The Morgan fingerprint density at radius 3 is 1.68 bits per heavy atom. The van der Waals surface area contributed by atoms with Crippen LogP contribution in [0.4, 0.5) is 5.69 Å². The van der Waals surface area contributed by atoms with Crippen LogP contribution in [0.2, 0.25) is 0 Å². The van der Waals surface area contributed by atoms with E-state index in [1.165, 1.54) is 88.5 Å². The Morgan fingerprint density at radius 1 is 0.784 bits per heavy atom. The first-order valence-electron chi connectivity index (χ1n) is 13.3. The number of nitrogen functional groups attached to an aromatic ring is 1. The van der Waals surface area contributed by atoms with Gasteiger partial charge in [0.25, 0.3) is 0 Å². The quantitative estimate of drug-likeness (QED) is 0.0707. The molecular formula is C27H45NO8Ti. The van der Waals surface area contributed by atoms with Crippen LogP contribution in [0, 0.1) is 5.92 Å². The predicted molar refractivity (Wildman–Crippen MR) is 137 cm³/mol. The summed E-state index contributed by atoms with van der Waals surface area (Å²) >= 11 is -3.58. The van der Waals surface area contributed by atoms with E-state index in [0.717, 1.165) is 25.2 Å². The maximum atomic E-state index is 11.8. The van der Waals surface area contributed by atoms with E-state index in [1.807, 2.05) is 0 Å². The van der Waals surface area contributed by atoms with E-state index in [2.05, 4.69) is 18.6 Å². The molecule has 1 aromatic rings. The molecule has 0 saturated carbocycles. The minimum atomic E-state index is -3.58. The van der Waals surface area contributed by atoms with Crippen molar-refractivity contribution in [2.75, 3.05) is 12.3 Å². The fourth-order valence-electron chi connectivity index (χ4n) is 3.61. The normalized spacial score (nSPS) is 10.4. The molecule has 9 nitrogen and oxygen atoms in total. The van der Waals surface area contributed by atoms with Crippen molar-refractivity contribution in [2.45, 2.75) is 104 Å². The Hall–Kier alpha value is -1.94. The Morgan fingerprint density at radius 2 is 1.22 bits per heavy atom. The number of hydrogen-bond donors (Lipinski definition) is 3. The van der Waals surface area contributed by atoms with Crippen LogP contribution in [0.3, 0.4) is 0 Å². The topological polar surface area (TPSA) is 153 Å². The van der Waals surface area contributed by atoms with Crippen LogP contribution in [0.1, 0.15) is 114 Å². The van der Waals surface area contributed by atoms with Crippen LogP contribution in [0.25, 0.3) is 0 Å². The molecule has 0 atom stereocenters. The molecule has 0 fully saturated rings. The Bertz CT molecular complexity index is 779. The fourth-order valence-corrected chi connectivity index (χ4v) is 3.61. The van der Waals surface area contributed by atoms with Gasteiger partial charge in [-0.25, -0.2) is 9.59 Å². The second-order valence-corrected chi connectivity index (χ2v) is 10.4. The predicted octanol–water partition coefficient (Wildman–Crippen LogP) is 5.38. The number of carbonyl (C=O) groups is 3. The Balaban J connectivity index is 0.00000300. The van der Waals surface area contributed by atoms with E-state index < -0.39 is 43.1 Å². The third-order valence-electron chi connectivity index (χ3n) is 5.62. The van der Waals surface area contributed by atoms with Gasteiger partial charge >= 0.3 is 47.2 Å². The molecular weight excluding hydrogens is 514 g/mol. The van der Waals surface area contributed by atoms with E-state index in [9.17, 15) is 14.4 Å². The van der Waals surface area contributed by atoms with E-state index in [4.69, 9.17) is 21.2 Å². The molecule has 4 N–H and O–H groups in total. The molecule has 210 valence electrons. The molecule has 0 unspecified atom stereocenters. The molecule has 0 radical (unpaired) electrons. The van der Waals surface area contributed by atoms with Gasteiger partial charge in [0.1, 0.15) is 0 Å². The van der Waals surface area contributed by atoms with Gasteiger partial charge in [-0.05, 0) is 36.6 Å². The Kier molecular flexibility index (Phi) is 22.0. The number of anilines is 1. The summed E-state index contributed by atoms with van der Waals surface area (Å²) in [6.07, 6.45) is 16.4. The molecule has 0 spiro atoms. The monoisotopic (exact) mass is 559 g/mol. The average Bonchev–Trinajstić information content (AvgIpc) is 2.82. The van der Waals surface area contributed by atoms with Gasteiger partial charge in [-0.3, -0.25) is 4.79 Å². The van der Waals surface area contributed by atoms with Gasteiger partial charge < -0.3 is 15.2 Å². The van der Waals surface area contributed by atoms with Crippen molar-refractivity contribution in [1.82, 2.24) is 0 Å². The van der Waals surface area contributed by atoms with Crippen molar-refractivity contribution in [3.63, 3.8) is 0 Å². The number of nitrogens with two attached hydrogens (primary N) is 1. The van der Waals surface area contributed by atoms with Crippen LogP contribution in [-0.4, -0.2) is 31.9 Å². The van der Waals surface area contributed by atoms with Gasteiger partial charge in [-0.15, -0.1) is 0 Å². The second kappa shape index (κ2) is 23.2. The second-order valence-electron chi connectivity index (χ2n) is 9.50. The zero-order chi connectivity index (χ0) is 27.9. The molecule has 1 rings (SSSR count). The third-order valence-corrected chi connectivity index (χ3v) is 5.62. The van der Waals surface area contributed by atoms with E-state index in [-0.39, 0.29) is 12.0 Å². The van der Waals surface area contributed by atoms with Gasteiger partial charge in [-0.1, -0.05) is 90.9 Å². The molecule has 0 aromatic heterocycles. The zero-order valence-corrected chi connectivity index (χ0v) is 24.0. The zero-order valence-electron chi connectivity index (χ0n) is 22.4. The van der Waals surface area contributed by atoms with Crippen molar-refractivity contribution < 1.29 is 53.2 Å². The van der Waals surface area contributed by atoms with Crippen molar-refractivity contribution in [2.24, 2.45) is 5.92 Å². The Labute approximate surface area is 228 Å². The molecule has 0 aliphatic rings. The van der Waals surface area contributed by atoms with E-state index in [1.54, 1.807) is 0 Å². The van der Waals surface area contributed by atoms with Crippen molar-refractivity contribution in [1.29, 1.82) is 0 Å². The summed E-state index contributed by atoms with van der Waals surface area (Å²) in [5.74, 6) is -1.29. The summed E-state index contributed by atoms with van der Waals surface area (Å²) in [6.45, 7) is 4.03. The van der Waals surface area contributed by atoms with Crippen molar-refractivity contribution in [3.05, 3.63) is 29.8 Å². The number of rotatable bonds is 18. The third kappa shape index (κ3) is 24.2. The van der Waals surface area contributed by atoms with Crippen LogP contribution < -0.4 is 5.73 Å². The minimum absolute atomic E-state index is 0.209. The van der Waals surface area contributed by atoms with Crippen molar-refractivity contribution in [3.8, 4) is 0 Å². The number of benzene rings is 1. The molecule has 0 aliphatic heterocycles.